The zero-order valence-electron chi connectivity index (χ0n) is 16.8. The van der Waals surface area contributed by atoms with Crippen LogP contribution in [0.15, 0.2) is 29.3 Å². The summed E-state index contributed by atoms with van der Waals surface area (Å²) in [5, 5.41) is 11.8. The Balaban J connectivity index is 2.50. The van der Waals surface area contributed by atoms with Gasteiger partial charge in [0, 0.05) is 32.2 Å². The fourth-order valence-corrected chi connectivity index (χ4v) is 2.12. The van der Waals surface area contributed by atoms with Gasteiger partial charge >= 0.3 is 6.09 Å². The third kappa shape index (κ3) is 10.7. The first-order chi connectivity index (χ1) is 12.7. The van der Waals surface area contributed by atoms with Crippen molar-refractivity contribution in [3.05, 3.63) is 29.8 Å². The molecule has 0 saturated carbocycles. The normalized spacial score (nSPS) is 11.5. The van der Waals surface area contributed by atoms with E-state index in [1.165, 1.54) is 6.92 Å². The highest BCUT2D eigenvalue weighted by molar-refractivity contribution is 5.88. The second kappa shape index (κ2) is 11.1. The molecule has 0 saturated heterocycles. The summed E-state index contributed by atoms with van der Waals surface area (Å²) in [6, 6.07) is 7.54. The fraction of sp³-hybridized carbons (Fsp3) is 0.526. The summed E-state index contributed by atoms with van der Waals surface area (Å²) < 4.78 is 5.18. The number of guanidine groups is 1. The van der Waals surface area contributed by atoms with Crippen LogP contribution in [0.1, 0.15) is 40.2 Å². The van der Waals surface area contributed by atoms with Crippen LogP contribution in [0.5, 0.6) is 0 Å². The molecule has 0 aliphatic rings. The molecule has 0 aliphatic carbocycles. The van der Waals surface area contributed by atoms with E-state index in [-0.39, 0.29) is 5.91 Å². The summed E-state index contributed by atoms with van der Waals surface area (Å²) in [4.78, 5) is 27.3. The molecule has 1 rings (SSSR count). The lowest BCUT2D eigenvalue weighted by Crippen LogP contribution is -2.42. The summed E-state index contributed by atoms with van der Waals surface area (Å²) >= 11 is 0. The quantitative estimate of drug-likeness (QED) is 0.331. The van der Waals surface area contributed by atoms with Crippen LogP contribution < -0.4 is 21.3 Å². The molecular formula is C19H31N5O3. The summed E-state index contributed by atoms with van der Waals surface area (Å²) in [6.45, 7) is 11.0. The Morgan fingerprint density at radius 2 is 1.81 bits per heavy atom. The van der Waals surface area contributed by atoms with Crippen LogP contribution in [0, 0.1) is 0 Å². The Labute approximate surface area is 161 Å². The predicted octanol–water partition coefficient (Wildman–Crippen LogP) is 2.22. The number of aliphatic imine (C=N–C) groups is 1. The number of alkyl carbamates (subject to hydrolysis) is 1. The molecule has 0 aromatic heterocycles. The minimum absolute atomic E-state index is 0.108. The number of nitrogens with zero attached hydrogens (tertiary/aromatic N) is 1. The SMILES string of the molecule is CCNC(=NCc1cccc(NC(C)=O)c1)NCCNC(=O)OC(C)(C)C. The molecule has 4 N–H and O–H groups in total. The molecule has 0 atom stereocenters. The zero-order valence-corrected chi connectivity index (χ0v) is 16.8. The number of hydrogen-bond donors (Lipinski definition) is 4. The van der Waals surface area contributed by atoms with Crippen LogP contribution >= 0.6 is 0 Å². The molecule has 0 spiro atoms. The molecule has 0 aliphatic heterocycles. The molecule has 1 aromatic carbocycles. The number of anilines is 1. The van der Waals surface area contributed by atoms with Gasteiger partial charge in [0.05, 0.1) is 6.54 Å². The van der Waals surface area contributed by atoms with Gasteiger partial charge in [0.15, 0.2) is 5.96 Å². The Bertz CT molecular complexity index is 653. The maximum atomic E-state index is 11.6. The van der Waals surface area contributed by atoms with Gasteiger partial charge in [0.25, 0.3) is 0 Å². The van der Waals surface area contributed by atoms with Gasteiger partial charge in [-0.15, -0.1) is 0 Å². The molecule has 0 fully saturated rings. The number of amides is 2. The van der Waals surface area contributed by atoms with Gasteiger partial charge in [-0.1, -0.05) is 12.1 Å². The third-order valence-electron chi connectivity index (χ3n) is 3.10. The van der Waals surface area contributed by atoms with Crippen LogP contribution in [-0.2, 0) is 16.1 Å². The van der Waals surface area contributed by atoms with E-state index in [1.807, 2.05) is 52.0 Å². The minimum atomic E-state index is -0.514. The van der Waals surface area contributed by atoms with Crippen molar-refractivity contribution < 1.29 is 14.3 Å². The van der Waals surface area contributed by atoms with Crippen molar-refractivity contribution in [3.63, 3.8) is 0 Å². The van der Waals surface area contributed by atoms with E-state index < -0.39 is 11.7 Å². The van der Waals surface area contributed by atoms with Crippen molar-refractivity contribution in [2.45, 2.75) is 46.8 Å². The van der Waals surface area contributed by atoms with E-state index in [4.69, 9.17) is 4.74 Å². The Hall–Kier alpha value is -2.77. The summed E-state index contributed by atoms with van der Waals surface area (Å²) in [5.41, 5.74) is 1.21. The van der Waals surface area contributed by atoms with Crippen LogP contribution in [0.2, 0.25) is 0 Å². The van der Waals surface area contributed by atoms with Gasteiger partial charge < -0.3 is 26.0 Å². The van der Waals surface area contributed by atoms with E-state index in [0.29, 0.717) is 25.6 Å². The fourth-order valence-electron chi connectivity index (χ4n) is 2.12. The van der Waals surface area contributed by atoms with Crippen LogP contribution in [0.3, 0.4) is 0 Å². The van der Waals surface area contributed by atoms with E-state index >= 15 is 0 Å². The second-order valence-electron chi connectivity index (χ2n) is 6.93. The topological polar surface area (TPSA) is 104 Å². The van der Waals surface area contributed by atoms with Crippen molar-refractivity contribution in [2.24, 2.45) is 4.99 Å². The van der Waals surface area contributed by atoms with Crippen molar-refractivity contribution in [3.8, 4) is 0 Å². The molecule has 0 heterocycles. The highest BCUT2D eigenvalue weighted by Gasteiger charge is 2.15. The van der Waals surface area contributed by atoms with Crippen LogP contribution in [-0.4, -0.2) is 43.2 Å². The molecule has 2 amide bonds. The molecule has 0 radical (unpaired) electrons. The molecule has 150 valence electrons. The molecule has 0 unspecified atom stereocenters. The molecule has 8 nitrogen and oxygen atoms in total. The van der Waals surface area contributed by atoms with Gasteiger partial charge in [0.2, 0.25) is 5.91 Å². The third-order valence-corrected chi connectivity index (χ3v) is 3.10. The summed E-state index contributed by atoms with van der Waals surface area (Å²) in [6.07, 6.45) is -0.443. The van der Waals surface area contributed by atoms with Gasteiger partial charge in [-0.2, -0.15) is 0 Å². The molecule has 0 bridgehead atoms. The number of carbonyl (C=O) groups is 2. The highest BCUT2D eigenvalue weighted by atomic mass is 16.6. The van der Waals surface area contributed by atoms with Crippen molar-refractivity contribution in [1.29, 1.82) is 0 Å². The lowest BCUT2D eigenvalue weighted by molar-refractivity contribution is -0.114. The molecule has 8 heteroatoms. The number of hydrogen-bond acceptors (Lipinski definition) is 4. The van der Waals surface area contributed by atoms with Gasteiger partial charge in [-0.25, -0.2) is 9.79 Å². The van der Waals surface area contributed by atoms with Crippen LogP contribution in [0.25, 0.3) is 0 Å². The number of ether oxygens (including phenoxy) is 1. The zero-order chi connectivity index (χ0) is 20.3. The number of rotatable bonds is 7. The van der Waals surface area contributed by atoms with E-state index in [9.17, 15) is 9.59 Å². The van der Waals surface area contributed by atoms with Gasteiger partial charge in [-0.3, -0.25) is 4.79 Å². The Morgan fingerprint density at radius 1 is 1.11 bits per heavy atom. The van der Waals surface area contributed by atoms with E-state index in [1.54, 1.807) is 0 Å². The Morgan fingerprint density at radius 3 is 2.44 bits per heavy atom. The first-order valence-electron chi connectivity index (χ1n) is 9.05. The van der Waals surface area contributed by atoms with E-state index in [2.05, 4.69) is 26.3 Å². The molecule has 27 heavy (non-hydrogen) atoms. The highest BCUT2D eigenvalue weighted by Crippen LogP contribution is 2.11. The maximum absolute atomic E-state index is 11.6. The van der Waals surface area contributed by atoms with E-state index in [0.717, 1.165) is 17.8 Å². The maximum Gasteiger partial charge on any atom is 0.407 e. The average Bonchev–Trinajstić information content (AvgIpc) is 2.54. The van der Waals surface area contributed by atoms with Crippen LogP contribution in [0.4, 0.5) is 10.5 Å². The lowest BCUT2D eigenvalue weighted by atomic mass is 10.2. The monoisotopic (exact) mass is 377 g/mol. The smallest absolute Gasteiger partial charge is 0.407 e. The van der Waals surface area contributed by atoms with Crippen molar-refractivity contribution >= 4 is 23.6 Å². The number of benzene rings is 1. The first kappa shape index (κ1) is 22.3. The predicted molar refractivity (Wildman–Crippen MR) is 108 cm³/mol. The second-order valence-corrected chi connectivity index (χ2v) is 6.93. The molecular weight excluding hydrogens is 346 g/mol. The van der Waals surface area contributed by atoms with Gasteiger partial charge in [0.1, 0.15) is 5.60 Å². The van der Waals surface area contributed by atoms with Gasteiger partial charge in [-0.05, 0) is 45.4 Å². The summed E-state index contributed by atoms with van der Waals surface area (Å²) in [5.74, 6) is 0.538. The van der Waals surface area contributed by atoms with Crippen molar-refractivity contribution in [2.75, 3.05) is 25.0 Å². The lowest BCUT2D eigenvalue weighted by Gasteiger charge is -2.19. The number of nitrogens with one attached hydrogen (secondary N) is 4. The number of carbonyl (C=O) groups excluding carboxylic acids is 2. The summed E-state index contributed by atoms with van der Waals surface area (Å²) in [7, 11) is 0. The largest absolute Gasteiger partial charge is 0.444 e. The molecule has 1 aromatic rings. The Kier molecular flexibility index (Phi) is 9.12. The first-order valence-corrected chi connectivity index (χ1v) is 9.05. The average molecular weight is 377 g/mol. The minimum Gasteiger partial charge on any atom is -0.444 e. The van der Waals surface area contributed by atoms with Crippen molar-refractivity contribution in [1.82, 2.24) is 16.0 Å². The standard InChI is InChI=1S/C19H31N5O3/c1-6-20-17(21-10-11-22-18(26)27-19(3,4)5)23-13-15-8-7-9-16(12-15)24-14(2)25/h7-9,12H,6,10-11,13H2,1-5H3,(H,22,26)(H,24,25)(H2,20,21,23).